The van der Waals surface area contributed by atoms with E-state index in [1.807, 2.05) is 0 Å². The summed E-state index contributed by atoms with van der Waals surface area (Å²) in [5.41, 5.74) is 0. The van der Waals surface area contributed by atoms with E-state index in [0.717, 1.165) is 0 Å². The minimum absolute atomic E-state index is 0.0522. The van der Waals surface area contributed by atoms with Crippen molar-refractivity contribution in [1.82, 2.24) is 4.90 Å². The van der Waals surface area contributed by atoms with Gasteiger partial charge < -0.3 is 5.11 Å². The van der Waals surface area contributed by atoms with Crippen molar-refractivity contribution in [2.75, 3.05) is 6.54 Å². The lowest BCUT2D eigenvalue weighted by atomic mass is 10.3. The van der Waals surface area contributed by atoms with Crippen molar-refractivity contribution in [1.29, 1.82) is 0 Å². The van der Waals surface area contributed by atoms with Crippen LogP contribution in [0.1, 0.15) is 20.3 Å². The minimum Gasteiger partial charge on any atom is -0.480 e. The Morgan fingerprint density at radius 1 is 1.33 bits per heavy atom. The Balaban J connectivity index is 4.87. The highest BCUT2D eigenvalue weighted by Crippen LogP contribution is 2.21. The van der Waals surface area contributed by atoms with Crippen LogP contribution in [-0.2, 0) is 14.4 Å². The van der Waals surface area contributed by atoms with Crippen molar-refractivity contribution in [3.8, 4) is 0 Å². The number of thiol groups is 2. The van der Waals surface area contributed by atoms with E-state index in [-0.39, 0.29) is 6.42 Å². The number of aliphatic carboxylic acids is 1. The number of rotatable bonds is 4. The maximum Gasteiger partial charge on any atom is 0.323 e. The lowest BCUT2D eigenvalue weighted by molar-refractivity contribution is -0.152. The molecule has 0 rings (SSSR count). The minimum atomic E-state index is -1.36. The zero-order valence-corrected chi connectivity index (χ0v) is 10.2. The Bertz CT molecular complexity index is 285. The zero-order chi connectivity index (χ0) is 12.2. The van der Waals surface area contributed by atoms with Crippen LogP contribution >= 0.6 is 25.3 Å². The summed E-state index contributed by atoms with van der Waals surface area (Å²) in [4.78, 5) is 34.0. The maximum absolute atomic E-state index is 11.6. The summed E-state index contributed by atoms with van der Waals surface area (Å²) >= 11 is 7.75. The number of carbonyl (C=O) groups excluding carboxylic acids is 2. The fourth-order valence-corrected chi connectivity index (χ4v) is 1.10. The molecule has 0 unspecified atom stereocenters. The molecule has 0 aromatic heterocycles. The monoisotopic (exact) mass is 251 g/mol. The van der Waals surface area contributed by atoms with Gasteiger partial charge in [-0.1, -0.05) is 6.92 Å². The molecule has 0 heterocycles. The van der Waals surface area contributed by atoms with Gasteiger partial charge in [0.15, 0.2) is 0 Å². The third-order valence-corrected chi connectivity index (χ3v) is 1.93. The van der Waals surface area contributed by atoms with Crippen molar-refractivity contribution < 1.29 is 19.5 Å². The molecule has 0 bridgehead atoms. The van der Waals surface area contributed by atoms with Crippen LogP contribution in [0.3, 0.4) is 0 Å². The van der Waals surface area contributed by atoms with Crippen LogP contribution in [0.4, 0.5) is 0 Å². The summed E-state index contributed by atoms with van der Waals surface area (Å²) in [5.74, 6) is -2.55. The Labute approximate surface area is 98.6 Å². The average molecular weight is 251 g/mol. The summed E-state index contributed by atoms with van der Waals surface area (Å²) in [5, 5.41) is 8.55. The molecule has 86 valence electrons. The number of hydrogen-bond donors (Lipinski definition) is 3. The number of carboxylic acids is 1. The van der Waals surface area contributed by atoms with E-state index in [9.17, 15) is 14.4 Å². The summed E-state index contributed by atoms with van der Waals surface area (Å²) in [6.07, 6.45) is 0.0522. The second kappa shape index (κ2) is 5.41. The van der Waals surface area contributed by atoms with E-state index in [2.05, 4.69) is 25.3 Å². The number of imide groups is 1. The molecule has 0 aromatic carbocycles. The molecule has 0 aromatic rings. The first kappa shape index (κ1) is 14.3. The molecule has 0 atom stereocenters. The van der Waals surface area contributed by atoms with Gasteiger partial charge in [-0.15, -0.1) is 0 Å². The predicted octanol–water partition coefficient (Wildman–Crippen LogP) is 0.412. The lowest BCUT2D eigenvalue weighted by Crippen LogP contribution is -2.46. The summed E-state index contributed by atoms with van der Waals surface area (Å²) in [7, 11) is 0. The Hall–Kier alpha value is -0.690. The second-order valence-corrected chi connectivity index (χ2v) is 5.19. The van der Waals surface area contributed by atoms with Crippen LogP contribution in [-0.4, -0.2) is 38.4 Å². The van der Waals surface area contributed by atoms with Gasteiger partial charge in [0, 0.05) is 6.42 Å². The largest absolute Gasteiger partial charge is 0.480 e. The van der Waals surface area contributed by atoms with Crippen LogP contribution < -0.4 is 0 Å². The third kappa shape index (κ3) is 4.57. The molecule has 0 fully saturated rings. The van der Waals surface area contributed by atoms with Crippen LogP contribution in [0.2, 0.25) is 0 Å². The third-order valence-electron chi connectivity index (χ3n) is 1.55. The highest BCUT2D eigenvalue weighted by Gasteiger charge is 2.33. The van der Waals surface area contributed by atoms with Gasteiger partial charge in [-0.2, -0.15) is 25.3 Å². The van der Waals surface area contributed by atoms with E-state index in [4.69, 9.17) is 5.11 Å². The molecule has 0 radical (unpaired) electrons. The number of amides is 2. The molecule has 0 saturated heterocycles. The molecule has 7 heteroatoms. The van der Waals surface area contributed by atoms with Gasteiger partial charge in [0.2, 0.25) is 5.91 Å². The lowest BCUT2D eigenvalue weighted by Gasteiger charge is -2.24. The predicted molar refractivity (Wildman–Crippen MR) is 61.0 cm³/mol. The first-order valence-corrected chi connectivity index (χ1v) is 5.11. The highest BCUT2D eigenvalue weighted by molar-refractivity contribution is 8.01. The standard InChI is InChI=1S/C8H13NO4S2/c1-3-5(10)9(4-6(11)12)7(13)8(2,14)15/h14-15H,3-4H2,1-2H3,(H,11,12). The molecule has 0 aliphatic rings. The van der Waals surface area contributed by atoms with Gasteiger partial charge in [-0.25, -0.2) is 0 Å². The van der Waals surface area contributed by atoms with Crippen LogP contribution in [0.15, 0.2) is 0 Å². The van der Waals surface area contributed by atoms with Crippen LogP contribution in [0, 0.1) is 0 Å². The van der Waals surface area contributed by atoms with E-state index in [0.29, 0.717) is 4.90 Å². The Morgan fingerprint density at radius 3 is 2.07 bits per heavy atom. The first-order chi connectivity index (χ1) is 6.70. The second-order valence-electron chi connectivity index (χ2n) is 3.05. The molecule has 5 nitrogen and oxygen atoms in total. The van der Waals surface area contributed by atoms with E-state index in [1.165, 1.54) is 6.92 Å². The molecule has 0 spiro atoms. The number of carbonyl (C=O) groups is 3. The van der Waals surface area contributed by atoms with Gasteiger partial charge >= 0.3 is 5.97 Å². The molecule has 0 aliphatic carbocycles. The van der Waals surface area contributed by atoms with E-state index in [1.54, 1.807) is 6.92 Å². The number of carboxylic acid groups (broad SMARTS) is 1. The van der Waals surface area contributed by atoms with Crippen molar-refractivity contribution in [3.63, 3.8) is 0 Å². The highest BCUT2D eigenvalue weighted by atomic mass is 32.2. The van der Waals surface area contributed by atoms with Crippen molar-refractivity contribution in [2.24, 2.45) is 0 Å². The maximum atomic E-state index is 11.6. The smallest absolute Gasteiger partial charge is 0.323 e. The van der Waals surface area contributed by atoms with Crippen molar-refractivity contribution in [3.05, 3.63) is 0 Å². The molecular formula is C8H13NO4S2. The number of hydrogen-bond acceptors (Lipinski definition) is 5. The topological polar surface area (TPSA) is 74.7 Å². The summed E-state index contributed by atoms with van der Waals surface area (Å²) in [6, 6.07) is 0. The molecular weight excluding hydrogens is 238 g/mol. The van der Waals surface area contributed by atoms with Crippen LogP contribution in [0.25, 0.3) is 0 Å². The fraction of sp³-hybridized carbons (Fsp3) is 0.625. The Kier molecular flexibility index (Phi) is 5.16. The first-order valence-electron chi connectivity index (χ1n) is 4.21. The molecule has 0 saturated carbocycles. The number of nitrogens with zero attached hydrogens (tertiary/aromatic N) is 1. The normalized spacial score (nSPS) is 10.9. The molecule has 15 heavy (non-hydrogen) atoms. The molecule has 1 N–H and O–H groups in total. The average Bonchev–Trinajstić information content (AvgIpc) is 2.10. The Morgan fingerprint density at radius 2 is 1.80 bits per heavy atom. The molecule has 2 amide bonds. The summed E-state index contributed by atoms with van der Waals surface area (Å²) < 4.78 is -1.36. The van der Waals surface area contributed by atoms with Gasteiger partial charge in [0.05, 0.1) is 0 Å². The fourth-order valence-electron chi connectivity index (χ4n) is 0.855. The summed E-state index contributed by atoms with van der Waals surface area (Å²) in [6.45, 7) is 2.25. The van der Waals surface area contributed by atoms with Gasteiger partial charge in [-0.3, -0.25) is 19.3 Å². The van der Waals surface area contributed by atoms with Crippen molar-refractivity contribution >= 4 is 43.0 Å². The quantitative estimate of drug-likeness (QED) is 0.500. The van der Waals surface area contributed by atoms with Gasteiger partial charge in [0.25, 0.3) is 5.91 Å². The van der Waals surface area contributed by atoms with E-state index >= 15 is 0 Å². The van der Waals surface area contributed by atoms with Crippen LogP contribution in [0.5, 0.6) is 0 Å². The van der Waals surface area contributed by atoms with Gasteiger partial charge in [0.1, 0.15) is 10.6 Å². The van der Waals surface area contributed by atoms with E-state index < -0.39 is 28.4 Å². The zero-order valence-electron chi connectivity index (χ0n) is 8.43. The van der Waals surface area contributed by atoms with Crippen molar-refractivity contribution in [2.45, 2.75) is 24.3 Å². The molecule has 0 aliphatic heterocycles. The SMILES string of the molecule is CCC(=O)N(CC(=O)O)C(=O)C(C)(S)S. The van der Waals surface area contributed by atoms with Gasteiger partial charge in [-0.05, 0) is 6.92 Å².